The molecule has 66 valence electrons. The van der Waals surface area contributed by atoms with Crippen LogP contribution in [0.5, 0.6) is 0 Å². The molecule has 0 aliphatic rings. The van der Waals surface area contributed by atoms with Gasteiger partial charge in [0.2, 0.25) is 0 Å². The van der Waals surface area contributed by atoms with Crippen molar-refractivity contribution in [1.29, 1.82) is 0 Å². The highest BCUT2D eigenvalue weighted by molar-refractivity contribution is 5.87. The van der Waals surface area contributed by atoms with E-state index in [1.807, 2.05) is 0 Å². The third-order valence-corrected chi connectivity index (χ3v) is 1.51. The minimum absolute atomic E-state index is 0.227. The fourth-order valence-electron chi connectivity index (χ4n) is 1.00. The number of rotatable bonds is 3. The number of hydrogen-bond donors (Lipinski definition) is 1. The van der Waals surface area contributed by atoms with Crippen LogP contribution in [0, 0.1) is 5.92 Å². The van der Waals surface area contributed by atoms with Crippen LogP contribution in [0.1, 0.15) is 30.0 Å². The maximum Gasteiger partial charge on any atom is 0.338 e. The second-order valence-electron chi connectivity index (χ2n) is 3.20. The topological polar surface area (TPSA) is 50.4 Å². The van der Waals surface area contributed by atoms with E-state index in [1.54, 1.807) is 6.07 Å². The Morgan fingerprint density at radius 1 is 1.67 bits per heavy atom. The highest BCUT2D eigenvalue weighted by Crippen LogP contribution is 2.12. The summed E-state index contributed by atoms with van der Waals surface area (Å²) >= 11 is 0. The van der Waals surface area contributed by atoms with Gasteiger partial charge in [-0.25, -0.2) is 4.79 Å². The summed E-state index contributed by atoms with van der Waals surface area (Å²) in [5.41, 5.74) is 0.227. The lowest BCUT2D eigenvalue weighted by atomic mass is 10.1. The third kappa shape index (κ3) is 2.12. The fraction of sp³-hybridized carbons (Fsp3) is 0.444. The molecule has 3 heteroatoms. The van der Waals surface area contributed by atoms with Gasteiger partial charge in [-0.05, 0) is 12.0 Å². The Balaban J connectivity index is 2.71. The van der Waals surface area contributed by atoms with Gasteiger partial charge in [0.1, 0.15) is 12.0 Å². The van der Waals surface area contributed by atoms with E-state index in [4.69, 9.17) is 9.52 Å². The first-order valence-corrected chi connectivity index (χ1v) is 3.90. The highest BCUT2D eigenvalue weighted by atomic mass is 16.4. The summed E-state index contributed by atoms with van der Waals surface area (Å²) in [5, 5.41) is 8.57. The first kappa shape index (κ1) is 8.84. The van der Waals surface area contributed by atoms with E-state index in [-0.39, 0.29) is 5.56 Å². The van der Waals surface area contributed by atoms with Crippen molar-refractivity contribution in [2.24, 2.45) is 5.92 Å². The Labute approximate surface area is 71.0 Å². The molecule has 0 atom stereocenters. The van der Waals surface area contributed by atoms with E-state index in [0.29, 0.717) is 5.92 Å². The molecule has 3 nitrogen and oxygen atoms in total. The van der Waals surface area contributed by atoms with E-state index in [0.717, 1.165) is 12.2 Å². The average molecular weight is 168 g/mol. The zero-order valence-electron chi connectivity index (χ0n) is 7.20. The highest BCUT2D eigenvalue weighted by Gasteiger charge is 2.08. The molecule has 1 aromatic heterocycles. The van der Waals surface area contributed by atoms with Gasteiger partial charge >= 0.3 is 5.97 Å². The van der Waals surface area contributed by atoms with Crippen molar-refractivity contribution in [2.75, 3.05) is 0 Å². The first-order chi connectivity index (χ1) is 5.59. The molecule has 0 radical (unpaired) electrons. The van der Waals surface area contributed by atoms with Crippen molar-refractivity contribution in [3.8, 4) is 0 Å². The minimum atomic E-state index is -0.936. The van der Waals surface area contributed by atoms with E-state index in [9.17, 15) is 4.79 Å². The lowest BCUT2D eigenvalue weighted by Gasteiger charge is -1.98. The summed E-state index contributed by atoms with van der Waals surface area (Å²) in [5.74, 6) is 0.286. The van der Waals surface area contributed by atoms with Crippen molar-refractivity contribution in [3.05, 3.63) is 23.7 Å². The van der Waals surface area contributed by atoms with Crippen molar-refractivity contribution in [2.45, 2.75) is 20.3 Å². The van der Waals surface area contributed by atoms with Gasteiger partial charge in [0, 0.05) is 6.42 Å². The minimum Gasteiger partial charge on any atom is -0.478 e. The molecule has 0 unspecified atom stereocenters. The SMILES string of the molecule is CC(C)Cc1cc(C(=O)O)co1. The predicted molar refractivity (Wildman–Crippen MR) is 44.2 cm³/mol. The molecule has 0 spiro atoms. The fourth-order valence-corrected chi connectivity index (χ4v) is 1.00. The van der Waals surface area contributed by atoms with Gasteiger partial charge in [0.05, 0.1) is 5.56 Å². The number of furan rings is 1. The van der Waals surface area contributed by atoms with Gasteiger partial charge in [-0.2, -0.15) is 0 Å². The van der Waals surface area contributed by atoms with Crippen LogP contribution < -0.4 is 0 Å². The van der Waals surface area contributed by atoms with Gasteiger partial charge in [-0.1, -0.05) is 13.8 Å². The van der Waals surface area contributed by atoms with E-state index >= 15 is 0 Å². The molecule has 1 heterocycles. The molecule has 0 aliphatic heterocycles. The van der Waals surface area contributed by atoms with Crippen LogP contribution in [0.3, 0.4) is 0 Å². The Morgan fingerprint density at radius 3 is 2.75 bits per heavy atom. The molecule has 0 aliphatic carbocycles. The summed E-state index contributed by atoms with van der Waals surface area (Å²) < 4.78 is 5.06. The molecule has 0 fully saturated rings. The summed E-state index contributed by atoms with van der Waals surface area (Å²) in [4.78, 5) is 10.4. The van der Waals surface area contributed by atoms with Crippen molar-refractivity contribution >= 4 is 5.97 Å². The molecule has 1 aromatic rings. The first-order valence-electron chi connectivity index (χ1n) is 3.90. The smallest absolute Gasteiger partial charge is 0.338 e. The zero-order chi connectivity index (χ0) is 9.14. The molecule has 0 saturated heterocycles. The van der Waals surface area contributed by atoms with Crippen molar-refractivity contribution < 1.29 is 14.3 Å². The molecular weight excluding hydrogens is 156 g/mol. The largest absolute Gasteiger partial charge is 0.478 e. The van der Waals surface area contributed by atoms with Crippen LogP contribution >= 0.6 is 0 Å². The molecule has 1 rings (SSSR count). The molecular formula is C9H12O3. The van der Waals surface area contributed by atoms with Crippen molar-refractivity contribution in [3.63, 3.8) is 0 Å². The number of carboxylic acid groups (broad SMARTS) is 1. The Kier molecular flexibility index (Phi) is 2.53. The van der Waals surface area contributed by atoms with Gasteiger partial charge in [-0.15, -0.1) is 0 Å². The van der Waals surface area contributed by atoms with Crippen LogP contribution in [0.4, 0.5) is 0 Å². The van der Waals surface area contributed by atoms with Crippen LogP contribution in [0.15, 0.2) is 16.7 Å². The molecule has 0 aromatic carbocycles. The monoisotopic (exact) mass is 168 g/mol. The molecule has 0 bridgehead atoms. The Bertz CT molecular complexity index is 273. The lowest BCUT2D eigenvalue weighted by molar-refractivity contribution is 0.0696. The lowest BCUT2D eigenvalue weighted by Crippen LogP contribution is -1.94. The normalized spacial score (nSPS) is 10.6. The third-order valence-electron chi connectivity index (χ3n) is 1.51. The average Bonchev–Trinajstić information content (AvgIpc) is 2.34. The number of carboxylic acids is 1. The Hall–Kier alpha value is -1.25. The maximum atomic E-state index is 10.4. The summed E-state index contributed by atoms with van der Waals surface area (Å²) in [6, 6.07) is 1.57. The van der Waals surface area contributed by atoms with Crippen LogP contribution in [0.25, 0.3) is 0 Å². The van der Waals surface area contributed by atoms with Crippen LogP contribution in [-0.2, 0) is 6.42 Å². The number of hydrogen-bond acceptors (Lipinski definition) is 2. The van der Waals surface area contributed by atoms with E-state index in [2.05, 4.69) is 13.8 Å². The Morgan fingerprint density at radius 2 is 2.33 bits per heavy atom. The maximum absolute atomic E-state index is 10.4. The molecule has 1 N–H and O–H groups in total. The van der Waals surface area contributed by atoms with Crippen LogP contribution in [0.2, 0.25) is 0 Å². The van der Waals surface area contributed by atoms with Gasteiger partial charge in [0.25, 0.3) is 0 Å². The molecule has 0 saturated carbocycles. The molecule has 12 heavy (non-hydrogen) atoms. The number of carbonyl (C=O) groups is 1. The second-order valence-corrected chi connectivity index (χ2v) is 3.20. The second kappa shape index (κ2) is 3.43. The standard InChI is InChI=1S/C9H12O3/c1-6(2)3-8-4-7(5-12-8)9(10)11/h4-6H,3H2,1-2H3,(H,10,11). The predicted octanol–water partition coefficient (Wildman–Crippen LogP) is 2.18. The zero-order valence-corrected chi connectivity index (χ0v) is 7.20. The van der Waals surface area contributed by atoms with Gasteiger partial charge in [-0.3, -0.25) is 0 Å². The van der Waals surface area contributed by atoms with Gasteiger partial charge < -0.3 is 9.52 Å². The van der Waals surface area contributed by atoms with Crippen LogP contribution in [-0.4, -0.2) is 11.1 Å². The number of aromatic carboxylic acids is 1. The van der Waals surface area contributed by atoms with E-state index < -0.39 is 5.97 Å². The summed E-state index contributed by atoms with van der Waals surface area (Å²) in [6.45, 7) is 4.12. The van der Waals surface area contributed by atoms with Gasteiger partial charge in [0.15, 0.2) is 0 Å². The van der Waals surface area contributed by atoms with Crippen molar-refractivity contribution in [1.82, 2.24) is 0 Å². The summed E-state index contributed by atoms with van der Waals surface area (Å²) in [6.07, 6.45) is 2.06. The van der Waals surface area contributed by atoms with E-state index in [1.165, 1.54) is 6.26 Å². The molecule has 0 amide bonds. The summed E-state index contributed by atoms with van der Waals surface area (Å²) in [7, 11) is 0. The quantitative estimate of drug-likeness (QED) is 0.752.